The van der Waals surface area contributed by atoms with Crippen molar-refractivity contribution in [3.8, 4) is 11.8 Å². The van der Waals surface area contributed by atoms with Crippen molar-refractivity contribution in [3.63, 3.8) is 0 Å². The van der Waals surface area contributed by atoms with Gasteiger partial charge in [0.2, 0.25) is 0 Å². The molecule has 0 aromatic carbocycles. The fraction of sp³-hybridized carbons (Fsp3) is 0.333. The van der Waals surface area contributed by atoms with Gasteiger partial charge in [-0.1, -0.05) is 27.8 Å². The van der Waals surface area contributed by atoms with Crippen molar-refractivity contribution in [1.82, 2.24) is 9.78 Å². The predicted molar refractivity (Wildman–Crippen MR) is 55.2 cm³/mol. The van der Waals surface area contributed by atoms with Crippen molar-refractivity contribution in [1.29, 1.82) is 0 Å². The lowest BCUT2D eigenvalue weighted by molar-refractivity contribution is 0.0588. The molecule has 0 saturated carbocycles. The number of carbonyl (C=O) groups is 1. The molecular weight excluding hydrogens is 248 g/mol. The van der Waals surface area contributed by atoms with Crippen molar-refractivity contribution >= 4 is 21.9 Å². The smallest absolute Gasteiger partial charge is 0.357 e. The second-order valence-corrected chi connectivity index (χ2v) is 3.02. The fourth-order valence-electron chi connectivity index (χ4n) is 0.996. The van der Waals surface area contributed by atoms with Gasteiger partial charge in [0.25, 0.3) is 0 Å². The van der Waals surface area contributed by atoms with E-state index >= 15 is 0 Å². The molecule has 0 spiro atoms. The van der Waals surface area contributed by atoms with Crippen molar-refractivity contribution in [2.45, 2.75) is 0 Å². The first-order chi connectivity index (χ1) is 6.70. The minimum Gasteiger partial charge on any atom is -0.464 e. The van der Waals surface area contributed by atoms with Gasteiger partial charge in [-0.25, -0.2) is 4.79 Å². The first-order valence-electron chi connectivity index (χ1n) is 3.86. The minimum atomic E-state index is -0.427. The lowest BCUT2D eigenvalue weighted by atomic mass is 10.2. The Hall–Kier alpha value is -1.28. The number of alkyl halides is 1. The molecule has 4 nitrogen and oxygen atoms in total. The van der Waals surface area contributed by atoms with E-state index in [9.17, 15) is 4.79 Å². The Morgan fingerprint density at radius 2 is 2.50 bits per heavy atom. The molecule has 0 bridgehead atoms. The summed E-state index contributed by atoms with van der Waals surface area (Å²) >= 11 is 3.18. The van der Waals surface area contributed by atoms with E-state index < -0.39 is 5.97 Å². The molecule has 0 amide bonds. The molecule has 0 saturated heterocycles. The van der Waals surface area contributed by atoms with Gasteiger partial charge in [-0.3, -0.25) is 4.68 Å². The average molecular weight is 257 g/mol. The highest BCUT2D eigenvalue weighted by Crippen LogP contribution is 2.07. The van der Waals surface area contributed by atoms with Crippen LogP contribution in [0.5, 0.6) is 0 Å². The number of esters is 1. The number of halogens is 1. The molecular formula is C9H9BrN2O2. The number of aromatic nitrogens is 2. The van der Waals surface area contributed by atoms with Gasteiger partial charge in [0, 0.05) is 7.05 Å². The SMILES string of the molecule is COC(=O)c1c(C#CCBr)cnn1C. The molecule has 1 heterocycles. The lowest BCUT2D eigenvalue weighted by Gasteiger charge is -1.99. The van der Waals surface area contributed by atoms with Crippen LogP contribution in [0.2, 0.25) is 0 Å². The van der Waals surface area contributed by atoms with Crippen LogP contribution in [0, 0.1) is 11.8 Å². The summed E-state index contributed by atoms with van der Waals surface area (Å²) in [4.78, 5) is 11.3. The van der Waals surface area contributed by atoms with Gasteiger partial charge in [0.1, 0.15) is 0 Å². The second-order valence-electron chi connectivity index (χ2n) is 2.46. The zero-order chi connectivity index (χ0) is 10.6. The summed E-state index contributed by atoms with van der Waals surface area (Å²) in [5.41, 5.74) is 0.958. The number of methoxy groups -OCH3 is 1. The van der Waals surface area contributed by atoms with Crippen LogP contribution in [0.1, 0.15) is 16.1 Å². The number of aryl methyl sites for hydroxylation is 1. The Bertz CT molecular complexity index is 401. The summed E-state index contributed by atoms with van der Waals surface area (Å²) in [6, 6.07) is 0. The summed E-state index contributed by atoms with van der Waals surface area (Å²) in [6.07, 6.45) is 1.54. The minimum absolute atomic E-state index is 0.376. The predicted octanol–water partition coefficient (Wildman–Crippen LogP) is 0.953. The number of carbonyl (C=O) groups excluding carboxylic acids is 1. The topological polar surface area (TPSA) is 44.1 Å². The van der Waals surface area contributed by atoms with Gasteiger partial charge in [-0.15, -0.1) is 0 Å². The summed E-state index contributed by atoms with van der Waals surface area (Å²) in [6.45, 7) is 0. The van der Waals surface area contributed by atoms with E-state index in [-0.39, 0.29) is 0 Å². The molecule has 0 unspecified atom stereocenters. The van der Waals surface area contributed by atoms with E-state index in [0.717, 1.165) is 0 Å². The van der Waals surface area contributed by atoms with E-state index in [2.05, 4.69) is 37.6 Å². The number of nitrogens with zero attached hydrogens (tertiary/aromatic N) is 2. The summed E-state index contributed by atoms with van der Waals surface area (Å²) in [5, 5.41) is 4.49. The van der Waals surface area contributed by atoms with Crippen LogP contribution in [-0.2, 0) is 11.8 Å². The van der Waals surface area contributed by atoms with Crippen LogP contribution in [0.3, 0.4) is 0 Å². The maximum absolute atomic E-state index is 11.3. The summed E-state index contributed by atoms with van der Waals surface area (Å²) < 4.78 is 6.07. The van der Waals surface area contributed by atoms with Gasteiger partial charge in [0.05, 0.1) is 24.2 Å². The highest BCUT2D eigenvalue weighted by Gasteiger charge is 2.15. The van der Waals surface area contributed by atoms with Gasteiger partial charge in [-0.05, 0) is 0 Å². The highest BCUT2D eigenvalue weighted by atomic mass is 79.9. The molecule has 1 aromatic heterocycles. The number of rotatable bonds is 1. The monoisotopic (exact) mass is 256 g/mol. The Morgan fingerprint density at radius 3 is 3.07 bits per heavy atom. The maximum atomic E-state index is 11.3. The maximum Gasteiger partial charge on any atom is 0.357 e. The van der Waals surface area contributed by atoms with Crippen LogP contribution in [0.4, 0.5) is 0 Å². The second kappa shape index (κ2) is 4.82. The zero-order valence-corrected chi connectivity index (χ0v) is 9.46. The van der Waals surface area contributed by atoms with E-state index in [0.29, 0.717) is 16.6 Å². The summed E-state index contributed by atoms with van der Waals surface area (Å²) in [7, 11) is 3.00. The molecule has 1 aromatic rings. The first kappa shape index (κ1) is 10.8. The van der Waals surface area contributed by atoms with E-state index in [1.165, 1.54) is 11.8 Å². The number of ether oxygens (including phenoxy) is 1. The van der Waals surface area contributed by atoms with Crippen LogP contribution in [0.15, 0.2) is 6.20 Å². The van der Waals surface area contributed by atoms with Gasteiger partial charge in [0.15, 0.2) is 5.69 Å². The fourth-order valence-corrected chi connectivity index (χ4v) is 1.14. The molecule has 1 rings (SSSR count). The third-order valence-electron chi connectivity index (χ3n) is 1.61. The molecule has 14 heavy (non-hydrogen) atoms. The van der Waals surface area contributed by atoms with E-state index in [1.54, 1.807) is 13.2 Å². The normalized spacial score (nSPS) is 9.07. The van der Waals surface area contributed by atoms with Crippen LogP contribution < -0.4 is 0 Å². The molecule has 0 atom stereocenters. The van der Waals surface area contributed by atoms with Gasteiger partial charge in [-0.2, -0.15) is 5.10 Å². The molecule has 0 aliphatic carbocycles. The first-order valence-corrected chi connectivity index (χ1v) is 4.98. The Labute approximate surface area is 90.4 Å². The van der Waals surface area contributed by atoms with Crippen molar-refractivity contribution < 1.29 is 9.53 Å². The van der Waals surface area contributed by atoms with Crippen molar-refractivity contribution in [3.05, 3.63) is 17.5 Å². The number of hydrogen-bond acceptors (Lipinski definition) is 3. The van der Waals surface area contributed by atoms with Crippen LogP contribution in [-0.4, -0.2) is 28.2 Å². The van der Waals surface area contributed by atoms with Gasteiger partial charge >= 0.3 is 5.97 Å². The molecule has 0 fully saturated rings. The standard InChI is InChI=1S/C9H9BrN2O2/c1-12-8(9(13)14-2)7(6-11-12)4-3-5-10/h6H,5H2,1-2H3. The lowest BCUT2D eigenvalue weighted by Crippen LogP contribution is -2.09. The van der Waals surface area contributed by atoms with Crippen LogP contribution in [0.25, 0.3) is 0 Å². The summed E-state index contributed by atoms with van der Waals surface area (Å²) in [5.74, 6) is 5.19. The van der Waals surface area contributed by atoms with Crippen molar-refractivity contribution in [2.75, 3.05) is 12.4 Å². The molecule has 0 aliphatic heterocycles. The van der Waals surface area contributed by atoms with Crippen LogP contribution >= 0.6 is 15.9 Å². The molecule has 5 heteroatoms. The molecule has 0 N–H and O–H groups in total. The average Bonchev–Trinajstić information content (AvgIpc) is 2.55. The number of hydrogen-bond donors (Lipinski definition) is 0. The zero-order valence-electron chi connectivity index (χ0n) is 7.87. The highest BCUT2D eigenvalue weighted by molar-refractivity contribution is 9.09. The Kier molecular flexibility index (Phi) is 3.72. The largest absolute Gasteiger partial charge is 0.464 e. The van der Waals surface area contributed by atoms with Crippen molar-refractivity contribution in [2.24, 2.45) is 7.05 Å². The molecule has 0 radical (unpaired) electrons. The van der Waals surface area contributed by atoms with E-state index in [4.69, 9.17) is 0 Å². The molecule has 0 aliphatic rings. The quantitative estimate of drug-likeness (QED) is 0.427. The third kappa shape index (κ3) is 2.15. The Morgan fingerprint density at radius 1 is 1.79 bits per heavy atom. The van der Waals surface area contributed by atoms with Gasteiger partial charge < -0.3 is 4.74 Å². The molecule has 74 valence electrons. The Balaban J connectivity index is 3.12. The third-order valence-corrected chi connectivity index (χ3v) is 1.89. The van der Waals surface area contributed by atoms with E-state index in [1.807, 2.05) is 0 Å².